The van der Waals surface area contributed by atoms with Gasteiger partial charge in [-0.2, -0.15) is 0 Å². The van der Waals surface area contributed by atoms with E-state index in [0.717, 1.165) is 55.9 Å². The smallest absolute Gasteiger partial charge is 0.225 e. The molecule has 5 rings (SSSR count). The fraction of sp³-hybridized carbons (Fsp3) is 0.400. The average Bonchev–Trinajstić information content (AvgIpc) is 3.11. The van der Waals surface area contributed by atoms with E-state index in [2.05, 4.69) is 19.9 Å². The zero-order valence-electron chi connectivity index (χ0n) is 15.6. The second kappa shape index (κ2) is 6.78. The summed E-state index contributed by atoms with van der Waals surface area (Å²) in [5.74, 6) is 2.30. The number of nitrogen functional groups attached to an aromatic ring is 1. The van der Waals surface area contributed by atoms with Crippen LogP contribution in [0.1, 0.15) is 20.7 Å². The Morgan fingerprint density at radius 3 is 2.64 bits per heavy atom. The Kier molecular flexibility index (Phi) is 4.11. The number of anilines is 2. The molecule has 1 aliphatic heterocycles. The van der Waals surface area contributed by atoms with Gasteiger partial charge in [0.1, 0.15) is 5.82 Å². The summed E-state index contributed by atoms with van der Waals surface area (Å²) in [7, 11) is 0. The minimum atomic E-state index is 0. The van der Waals surface area contributed by atoms with Gasteiger partial charge >= 0.3 is 0 Å². The van der Waals surface area contributed by atoms with Crippen LogP contribution in [0.25, 0.3) is 22.6 Å². The number of nitrogens with one attached hydrogen (secondary N) is 1. The Balaban J connectivity index is 0.00000205. The molecule has 3 N–H and O–H groups in total. The van der Waals surface area contributed by atoms with E-state index in [-0.39, 0.29) is 7.34 Å². The lowest BCUT2D eigenvalue weighted by molar-refractivity contribution is -0.138. The third-order valence-corrected chi connectivity index (χ3v) is 5.77. The van der Waals surface area contributed by atoms with Crippen LogP contribution in [0.4, 0.5) is 11.6 Å². The molecule has 2 fully saturated rings. The van der Waals surface area contributed by atoms with E-state index in [9.17, 15) is 4.79 Å². The molecule has 0 bridgehead atoms. The normalized spacial score (nSPS) is 17.7. The Morgan fingerprint density at radius 1 is 1.14 bits per heavy atom. The third-order valence-electron chi connectivity index (χ3n) is 5.77. The van der Waals surface area contributed by atoms with Gasteiger partial charge in [-0.15, -0.1) is 0 Å². The molecule has 146 valence electrons. The van der Waals surface area contributed by atoms with Crippen molar-refractivity contribution in [2.75, 3.05) is 36.8 Å². The maximum Gasteiger partial charge on any atom is 0.225 e. The number of carbonyl (C=O) groups excluding carboxylic acids is 1. The molecule has 0 radical (unpaired) electrons. The number of carbonyl (C=O) groups is 1. The largest absolute Gasteiger partial charge is 0.382 e. The Bertz CT molecular complexity index is 992. The Labute approximate surface area is 164 Å². The number of piperazine rings is 1. The van der Waals surface area contributed by atoms with Crippen LogP contribution in [0.5, 0.6) is 0 Å². The molecule has 3 heterocycles. The van der Waals surface area contributed by atoms with E-state index in [1.807, 2.05) is 29.2 Å². The number of para-hydroxylation sites is 2. The van der Waals surface area contributed by atoms with Crippen LogP contribution in [0.2, 0.25) is 0 Å². The van der Waals surface area contributed by atoms with Gasteiger partial charge in [-0.3, -0.25) is 4.79 Å². The summed E-state index contributed by atoms with van der Waals surface area (Å²) in [6.07, 6.45) is 4.97. The summed E-state index contributed by atoms with van der Waals surface area (Å²) in [6.45, 7) is 2.94. The highest BCUT2D eigenvalue weighted by molar-refractivity contribution is 5.81. The standard InChI is InChI=1S/C20H23N7O.H2/c21-18-17(19-23-14-6-1-2-7-15(14)24-19)25-16(12-22-18)26-8-10-27(11-9-26)20(28)13-4-3-5-13;/h1-2,6-7,12-13H,3-5,8-11H2,(H2,21,22)(H,23,24);1H. The lowest BCUT2D eigenvalue weighted by Crippen LogP contribution is -2.51. The van der Waals surface area contributed by atoms with Gasteiger partial charge in [0, 0.05) is 33.5 Å². The zero-order chi connectivity index (χ0) is 19.1. The summed E-state index contributed by atoms with van der Waals surface area (Å²) < 4.78 is 0. The van der Waals surface area contributed by atoms with E-state index in [0.29, 0.717) is 23.2 Å². The summed E-state index contributed by atoms with van der Waals surface area (Å²) >= 11 is 0. The van der Waals surface area contributed by atoms with Crippen molar-refractivity contribution < 1.29 is 6.22 Å². The molecule has 1 saturated heterocycles. The van der Waals surface area contributed by atoms with Crippen LogP contribution in [0.15, 0.2) is 30.5 Å². The topological polar surface area (TPSA) is 104 Å². The highest BCUT2D eigenvalue weighted by atomic mass is 16.2. The van der Waals surface area contributed by atoms with Crippen molar-refractivity contribution in [3.05, 3.63) is 30.5 Å². The lowest BCUT2D eigenvalue weighted by Gasteiger charge is -2.38. The molecule has 8 heteroatoms. The Hall–Kier alpha value is -3.16. The second-order valence-electron chi connectivity index (χ2n) is 7.50. The molecule has 2 aromatic heterocycles. The lowest BCUT2D eigenvalue weighted by atomic mass is 9.84. The summed E-state index contributed by atoms with van der Waals surface area (Å²) in [6, 6.07) is 7.82. The summed E-state index contributed by atoms with van der Waals surface area (Å²) in [5.41, 5.74) is 8.45. The van der Waals surface area contributed by atoms with Crippen molar-refractivity contribution >= 4 is 28.6 Å². The minimum absolute atomic E-state index is 0. The molecule has 1 aliphatic carbocycles. The Morgan fingerprint density at radius 2 is 1.93 bits per heavy atom. The fourth-order valence-electron chi connectivity index (χ4n) is 3.85. The van der Waals surface area contributed by atoms with Crippen molar-refractivity contribution in [1.82, 2.24) is 24.8 Å². The van der Waals surface area contributed by atoms with Gasteiger partial charge < -0.3 is 20.5 Å². The number of benzene rings is 1. The molecule has 0 unspecified atom stereocenters. The first-order valence-corrected chi connectivity index (χ1v) is 9.80. The molecule has 1 saturated carbocycles. The van der Waals surface area contributed by atoms with Crippen LogP contribution < -0.4 is 10.6 Å². The number of nitrogens with zero attached hydrogens (tertiary/aromatic N) is 5. The molecular weight excluding hydrogens is 354 g/mol. The highest BCUT2D eigenvalue weighted by Gasteiger charge is 2.31. The first kappa shape index (κ1) is 17.0. The van der Waals surface area contributed by atoms with Gasteiger partial charge in [0.25, 0.3) is 0 Å². The number of hydrogen-bond donors (Lipinski definition) is 2. The number of amides is 1. The number of hydrogen-bond acceptors (Lipinski definition) is 6. The van der Waals surface area contributed by atoms with E-state index < -0.39 is 0 Å². The quantitative estimate of drug-likeness (QED) is 0.724. The summed E-state index contributed by atoms with van der Waals surface area (Å²) in [5, 5.41) is 0. The predicted octanol–water partition coefficient (Wildman–Crippen LogP) is 2.30. The van der Waals surface area contributed by atoms with Crippen molar-refractivity contribution in [3.63, 3.8) is 0 Å². The first-order valence-electron chi connectivity index (χ1n) is 9.80. The van der Waals surface area contributed by atoms with E-state index in [1.54, 1.807) is 6.20 Å². The molecular formula is C20H25N7O. The van der Waals surface area contributed by atoms with Crippen molar-refractivity contribution in [3.8, 4) is 11.5 Å². The van der Waals surface area contributed by atoms with E-state index in [4.69, 9.17) is 10.7 Å². The molecule has 8 nitrogen and oxygen atoms in total. The molecule has 0 atom stereocenters. The SMILES string of the molecule is Nc1ncc(N2CCN(C(=O)C3CCC3)CC2)nc1-c1nc2ccccc2[nH]1.[HH]. The van der Waals surface area contributed by atoms with Crippen molar-refractivity contribution in [2.24, 2.45) is 5.92 Å². The predicted molar refractivity (Wildman–Crippen MR) is 110 cm³/mol. The second-order valence-corrected chi connectivity index (χ2v) is 7.50. The average molecular weight is 379 g/mol. The monoisotopic (exact) mass is 379 g/mol. The number of fused-ring (bicyclic) bond motifs is 1. The van der Waals surface area contributed by atoms with Gasteiger partial charge in [0.05, 0.1) is 17.2 Å². The van der Waals surface area contributed by atoms with Gasteiger partial charge in [-0.1, -0.05) is 18.6 Å². The van der Waals surface area contributed by atoms with Crippen LogP contribution in [0, 0.1) is 5.92 Å². The molecule has 3 aromatic rings. The third kappa shape index (κ3) is 2.94. The van der Waals surface area contributed by atoms with Gasteiger partial charge in [0.15, 0.2) is 17.3 Å². The van der Waals surface area contributed by atoms with Crippen LogP contribution in [-0.2, 0) is 4.79 Å². The molecule has 1 aromatic carbocycles. The number of imidazole rings is 1. The zero-order valence-corrected chi connectivity index (χ0v) is 15.6. The molecule has 2 aliphatic rings. The number of nitrogens with two attached hydrogens (primary N) is 1. The van der Waals surface area contributed by atoms with Crippen molar-refractivity contribution in [1.29, 1.82) is 0 Å². The van der Waals surface area contributed by atoms with Crippen LogP contribution in [-0.4, -0.2) is 56.9 Å². The minimum Gasteiger partial charge on any atom is -0.382 e. The number of H-pyrrole nitrogens is 1. The number of rotatable bonds is 3. The van der Waals surface area contributed by atoms with E-state index >= 15 is 0 Å². The van der Waals surface area contributed by atoms with Crippen molar-refractivity contribution in [2.45, 2.75) is 19.3 Å². The summed E-state index contributed by atoms with van der Waals surface area (Å²) in [4.78, 5) is 33.5. The van der Waals surface area contributed by atoms with E-state index in [1.165, 1.54) is 6.42 Å². The van der Waals surface area contributed by atoms with Crippen LogP contribution >= 0.6 is 0 Å². The first-order chi connectivity index (χ1) is 13.7. The molecule has 1 amide bonds. The van der Waals surface area contributed by atoms with Gasteiger partial charge in [-0.05, 0) is 25.0 Å². The fourth-order valence-corrected chi connectivity index (χ4v) is 3.85. The van der Waals surface area contributed by atoms with Gasteiger partial charge in [0.2, 0.25) is 5.91 Å². The van der Waals surface area contributed by atoms with Crippen LogP contribution in [0.3, 0.4) is 0 Å². The highest BCUT2D eigenvalue weighted by Crippen LogP contribution is 2.29. The number of aromatic amines is 1. The molecule has 28 heavy (non-hydrogen) atoms. The molecule has 0 spiro atoms. The number of aromatic nitrogens is 4. The maximum atomic E-state index is 12.4. The van der Waals surface area contributed by atoms with Gasteiger partial charge in [-0.25, -0.2) is 15.0 Å². The maximum absolute atomic E-state index is 12.4.